The van der Waals surface area contributed by atoms with Gasteiger partial charge < -0.3 is 9.84 Å². The highest BCUT2D eigenvalue weighted by Crippen LogP contribution is 2.35. The van der Waals surface area contributed by atoms with E-state index in [4.69, 9.17) is 4.74 Å². The average Bonchev–Trinajstić information content (AvgIpc) is 2.83. The molecule has 0 bridgehead atoms. The number of hydrogen-bond donors (Lipinski definition) is 1. The van der Waals surface area contributed by atoms with Gasteiger partial charge in [-0.2, -0.15) is 0 Å². The summed E-state index contributed by atoms with van der Waals surface area (Å²) in [4.78, 5) is 0. The largest absolute Gasteiger partial charge is 0.390 e. The molecule has 1 aliphatic carbocycles. The minimum Gasteiger partial charge on any atom is -0.390 e. The van der Waals surface area contributed by atoms with Crippen LogP contribution in [-0.4, -0.2) is 23.9 Å². The molecule has 0 heterocycles. The molecule has 72 valence electrons. The van der Waals surface area contributed by atoms with Gasteiger partial charge in [0.05, 0.1) is 11.7 Å². The molecule has 0 radical (unpaired) electrons. The zero-order valence-electron chi connectivity index (χ0n) is 8.34. The highest BCUT2D eigenvalue weighted by molar-refractivity contribution is 4.81. The Morgan fingerprint density at radius 1 is 1.50 bits per heavy atom. The molecular formula is C10H20O2. The van der Waals surface area contributed by atoms with E-state index < -0.39 is 0 Å². The second kappa shape index (κ2) is 3.75. The first-order valence-electron chi connectivity index (χ1n) is 4.79. The van der Waals surface area contributed by atoms with Gasteiger partial charge in [0, 0.05) is 7.11 Å². The van der Waals surface area contributed by atoms with Crippen molar-refractivity contribution in [3.63, 3.8) is 0 Å². The Hall–Kier alpha value is -0.0800. The summed E-state index contributed by atoms with van der Waals surface area (Å²) in [7, 11) is 1.65. The van der Waals surface area contributed by atoms with Gasteiger partial charge in [-0.05, 0) is 32.6 Å². The molecule has 0 saturated heterocycles. The molecule has 1 fully saturated rings. The van der Waals surface area contributed by atoms with Gasteiger partial charge in [0.1, 0.15) is 0 Å². The first-order valence-corrected chi connectivity index (χ1v) is 4.79. The highest BCUT2D eigenvalue weighted by atomic mass is 16.5. The van der Waals surface area contributed by atoms with Crippen molar-refractivity contribution in [1.82, 2.24) is 0 Å². The Morgan fingerprint density at radius 2 is 2.08 bits per heavy atom. The lowest BCUT2D eigenvalue weighted by Gasteiger charge is -2.28. The van der Waals surface area contributed by atoms with Gasteiger partial charge in [0.25, 0.3) is 0 Å². The van der Waals surface area contributed by atoms with Crippen LogP contribution in [0.5, 0.6) is 0 Å². The molecule has 1 aliphatic rings. The predicted octanol–water partition coefficient (Wildman–Crippen LogP) is 1.96. The van der Waals surface area contributed by atoms with Crippen molar-refractivity contribution in [2.24, 2.45) is 5.92 Å². The van der Waals surface area contributed by atoms with Gasteiger partial charge in [0.15, 0.2) is 0 Å². The summed E-state index contributed by atoms with van der Waals surface area (Å²) in [5.74, 6) is 0.896. The number of methoxy groups -OCH3 is 1. The van der Waals surface area contributed by atoms with E-state index in [0.29, 0.717) is 0 Å². The van der Waals surface area contributed by atoms with Gasteiger partial charge in [0.2, 0.25) is 0 Å². The second-order valence-electron chi connectivity index (χ2n) is 4.34. The van der Waals surface area contributed by atoms with Crippen LogP contribution in [0.1, 0.15) is 39.5 Å². The quantitative estimate of drug-likeness (QED) is 0.687. The molecule has 0 aromatic heterocycles. The molecule has 2 nitrogen and oxygen atoms in total. The Kier molecular flexibility index (Phi) is 3.13. The SMILES string of the molecule is COC(C)(C)C(O)CCC1CC1. The fraction of sp³-hybridized carbons (Fsp3) is 1.00. The van der Waals surface area contributed by atoms with Crippen LogP contribution < -0.4 is 0 Å². The third-order valence-corrected chi connectivity index (χ3v) is 2.87. The van der Waals surface area contributed by atoms with E-state index in [9.17, 15) is 5.11 Å². The Morgan fingerprint density at radius 3 is 2.50 bits per heavy atom. The standard InChI is InChI=1S/C10H20O2/c1-10(2,12-3)9(11)7-6-8-4-5-8/h8-9,11H,4-7H2,1-3H3. The summed E-state index contributed by atoms with van der Waals surface area (Å²) >= 11 is 0. The monoisotopic (exact) mass is 172 g/mol. The number of rotatable bonds is 5. The van der Waals surface area contributed by atoms with E-state index in [-0.39, 0.29) is 11.7 Å². The fourth-order valence-corrected chi connectivity index (χ4v) is 1.28. The third kappa shape index (κ3) is 2.76. The van der Waals surface area contributed by atoms with E-state index >= 15 is 0 Å². The van der Waals surface area contributed by atoms with Crippen LogP contribution in [0.3, 0.4) is 0 Å². The molecular weight excluding hydrogens is 152 g/mol. The maximum atomic E-state index is 9.73. The molecule has 0 aromatic rings. The van der Waals surface area contributed by atoms with Crippen LogP contribution in [0, 0.1) is 5.92 Å². The molecule has 0 aromatic carbocycles. The van der Waals surface area contributed by atoms with Crippen LogP contribution >= 0.6 is 0 Å². The van der Waals surface area contributed by atoms with Crippen molar-refractivity contribution >= 4 is 0 Å². The summed E-state index contributed by atoms with van der Waals surface area (Å²) in [6.07, 6.45) is 4.45. The van der Waals surface area contributed by atoms with Gasteiger partial charge in [-0.3, -0.25) is 0 Å². The van der Waals surface area contributed by atoms with E-state index in [1.165, 1.54) is 12.8 Å². The van der Waals surface area contributed by atoms with Gasteiger partial charge in [-0.1, -0.05) is 12.8 Å². The maximum absolute atomic E-state index is 9.73. The van der Waals surface area contributed by atoms with Crippen LogP contribution in [0.25, 0.3) is 0 Å². The second-order valence-corrected chi connectivity index (χ2v) is 4.34. The fourth-order valence-electron chi connectivity index (χ4n) is 1.28. The maximum Gasteiger partial charge on any atom is 0.0880 e. The summed E-state index contributed by atoms with van der Waals surface area (Å²) in [5, 5.41) is 9.73. The minimum absolute atomic E-state index is 0.317. The van der Waals surface area contributed by atoms with Crippen molar-refractivity contribution in [3.8, 4) is 0 Å². The summed E-state index contributed by atoms with van der Waals surface area (Å²) < 4.78 is 5.20. The van der Waals surface area contributed by atoms with Crippen LogP contribution in [0.2, 0.25) is 0 Å². The molecule has 1 N–H and O–H groups in total. The molecule has 0 amide bonds. The first kappa shape index (κ1) is 10.0. The van der Waals surface area contributed by atoms with E-state index in [1.54, 1.807) is 7.11 Å². The van der Waals surface area contributed by atoms with E-state index in [0.717, 1.165) is 18.8 Å². The van der Waals surface area contributed by atoms with Gasteiger partial charge in [-0.15, -0.1) is 0 Å². The lowest BCUT2D eigenvalue weighted by Crippen LogP contribution is -2.38. The molecule has 2 heteroatoms. The smallest absolute Gasteiger partial charge is 0.0880 e. The zero-order chi connectivity index (χ0) is 9.19. The highest BCUT2D eigenvalue weighted by Gasteiger charge is 2.29. The van der Waals surface area contributed by atoms with Gasteiger partial charge >= 0.3 is 0 Å². The van der Waals surface area contributed by atoms with Crippen molar-refractivity contribution < 1.29 is 9.84 Å². The Balaban J connectivity index is 2.20. The van der Waals surface area contributed by atoms with Crippen molar-refractivity contribution in [2.45, 2.75) is 51.2 Å². The van der Waals surface area contributed by atoms with E-state index in [1.807, 2.05) is 13.8 Å². The van der Waals surface area contributed by atoms with Crippen LogP contribution in [0.4, 0.5) is 0 Å². The Bertz CT molecular complexity index is 139. The van der Waals surface area contributed by atoms with Crippen molar-refractivity contribution in [2.75, 3.05) is 7.11 Å². The number of hydrogen-bond acceptors (Lipinski definition) is 2. The Labute approximate surface area is 74.9 Å². The molecule has 0 spiro atoms. The molecule has 1 unspecified atom stereocenters. The number of aliphatic hydroxyl groups is 1. The molecule has 1 rings (SSSR count). The topological polar surface area (TPSA) is 29.5 Å². The average molecular weight is 172 g/mol. The van der Waals surface area contributed by atoms with Crippen LogP contribution in [0.15, 0.2) is 0 Å². The summed E-state index contributed by atoms with van der Waals surface area (Å²) in [5.41, 5.74) is -0.380. The zero-order valence-corrected chi connectivity index (χ0v) is 8.34. The summed E-state index contributed by atoms with van der Waals surface area (Å²) in [6, 6.07) is 0. The predicted molar refractivity (Wildman–Crippen MR) is 49.1 cm³/mol. The molecule has 12 heavy (non-hydrogen) atoms. The number of ether oxygens (including phenoxy) is 1. The number of aliphatic hydroxyl groups excluding tert-OH is 1. The molecule has 1 atom stereocenters. The van der Waals surface area contributed by atoms with E-state index in [2.05, 4.69) is 0 Å². The minimum atomic E-state index is -0.380. The van der Waals surface area contributed by atoms with Crippen molar-refractivity contribution in [1.29, 1.82) is 0 Å². The van der Waals surface area contributed by atoms with Crippen LogP contribution in [-0.2, 0) is 4.74 Å². The lowest BCUT2D eigenvalue weighted by molar-refractivity contribution is -0.0810. The normalized spacial score (nSPS) is 21.0. The molecule has 0 aliphatic heterocycles. The summed E-state index contributed by atoms with van der Waals surface area (Å²) in [6.45, 7) is 3.87. The third-order valence-electron chi connectivity index (χ3n) is 2.87. The van der Waals surface area contributed by atoms with Gasteiger partial charge in [-0.25, -0.2) is 0 Å². The lowest BCUT2D eigenvalue weighted by atomic mass is 9.96. The first-order chi connectivity index (χ1) is 5.56. The molecule has 1 saturated carbocycles. The van der Waals surface area contributed by atoms with Crippen molar-refractivity contribution in [3.05, 3.63) is 0 Å².